The Labute approximate surface area is 142 Å². The SMILES string of the molecule is Cc1ccc(CCC(=O)N2CCN(Cc3cccs3)CC2)cc1. The number of benzene rings is 1. The highest BCUT2D eigenvalue weighted by Crippen LogP contribution is 2.14. The smallest absolute Gasteiger partial charge is 0.222 e. The van der Waals surface area contributed by atoms with Crippen molar-refractivity contribution in [3.8, 4) is 0 Å². The van der Waals surface area contributed by atoms with Crippen molar-refractivity contribution < 1.29 is 4.79 Å². The molecule has 0 radical (unpaired) electrons. The molecule has 0 atom stereocenters. The third-order valence-electron chi connectivity index (χ3n) is 4.43. The molecule has 2 aromatic rings. The van der Waals surface area contributed by atoms with Crippen LogP contribution in [-0.4, -0.2) is 41.9 Å². The van der Waals surface area contributed by atoms with Gasteiger partial charge in [0.25, 0.3) is 0 Å². The third-order valence-corrected chi connectivity index (χ3v) is 5.29. The number of carbonyl (C=O) groups is 1. The highest BCUT2D eigenvalue weighted by molar-refractivity contribution is 7.09. The molecule has 1 saturated heterocycles. The fourth-order valence-corrected chi connectivity index (χ4v) is 3.69. The molecule has 0 saturated carbocycles. The van der Waals surface area contributed by atoms with Gasteiger partial charge < -0.3 is 4.90 Å². The summed E-state index contributed by atoms with van der Waals surface area (Å²) in [5.74, 6) is 0.293. The molecule has 3 nitrogen and oxygen atoms in total. The summed E-state index contributed by atoms with van der Waals surface area (Å²) in [7, 11) is 0. The van der Waals surface area contributed by atoms with Gasteiger partial charge in [0.05, 0.1) is 0 Å². The van der Waals surface area contributed by atoms with Gasteiger partial charge in [0.1, 0.15) is 0 Å². The normalized spacial score (nSPS) is 15.8. The first kappa shape index (κ1) is 16.2. The second kappa shape index (κ2) is 7.75. The highest BCUT2D eigenvalue weighted by Gasteiger charge is 2.20. The summed E-state index contributed by atoms with van der Waals surface area (Å²) in [6.45, 7) is 6.78. The molecule has 1 aliphatic heterocycles. The minimum absolute atomic E-state index is 0.293. The lowest BCUT2D eigenvalue weighted by atomic mass is 10.1. The third kappa shape index (κ3) is 4.66. The van der Waals surface area contributed by atoms with Gasteiger partial charge in [-0.2, -0.15) is 0 Å². The minimum atomic E-state index is 0.293. The molecule has 0 aliphatic carbocycles. The zero-order valence-electron chi connectivity index (χ0n) is 13.7. The Kier molecular flexibility index (Phi) is 5.47. The summed E-state index contributed by atoms with van der Waals surface area (Å²) < 4.78 is 0. The second-order valence-corrected chi connectivity index (χ2v) is 7.25. The highest BCUT2D eigenvalue weighted by atomic mass is 32.1. The van der Waals surface area contributed by atoms with E-state index in [4.69, 9.17) is 0 Å². The molecule has 1 fully saturated rings. The maximum absolute atomic E-state index is 12.4. The lowest BCUT2D eigenvalue weighted by molar-refractivity contribution is -0.132. The van der Waals surface area contributed by atoms with Gasteiger partial charge in [-0.1, -0.05) is 35.9 Å². The Hall–Kier alpha value is -1.65. The summed E-state index contributed by atoms with van der Waals surface area (Å²) >= 11 is 1.81. The number of rotatable bonds is 5. The largest absolute Gasteiger partial charge is 0.340 e. The number of nitrogens with zero attached hydrogens (tertiary/aromatic N) is 2. The van der Waals surface area contributed by atoms with Gasteiger partial charge >= 0.3 is 0 Å². The average molecular weight is 328 g/mol. The molecule has 3 rings (SSSR count). The van der Waals surface area contributed by atoms with E-state index >= 15 is 0 Å². The standard InChI is InChI=1S/C19H24N2OS/c1-16-4-6-17(7-5-16)8-9-19(22)21-12-10-20(11-13-21)15-18-3-2-14-23-18/h2-7,14H,8-13,15H2,1H3. The maximum atomic E-state index is 12.4. The lowest BCUT2D eigenvalue weighted by Crippen LogP contribution is -2.48. The number of aryl methyl sites for hydroxylation is 2. The van der Waals surface area contributed by atoms with Crippen LogP contribution in [0.25, 0.3) is 0 Å². The van der Waals surface area contributed by atoms with Crippen LogP contribution in [0.15, 0.2) is 41.8 Å². The van der Waals surface area contributed by atoms with Crippen molar-refractivity contribution in [3.63, 3.8) is 0 Å². The predicted molar refractivity (Wildman–Crippen MR) is 95.7 cm³/mol. The van der Waals surface area contributed by atoms with Crippen LogP contribution in [0.1, 0.15) is 22.4 Å². The number of thiophene rings is 1. The van der Waals surface area contributed by atoms with Crippen LogP contribution in [-0.2, 0) is 17.8 Å². The zero-order chi connectivity index (χ0) is 16.1. The van der Waals surface area contributed by atoms with E-state index in [-0.39, 0.29) is 0 Å². The first-order valence-electron chi connectivity index (χ1n) is 8.29. The van der Waals surface area contributed by atoms with Crippen LogP contribution in [0.5, 0.6) is 0 Å². The topological polar surface area (TPSA) is 23.6 Å². The molecule has 1 aromatic heterocycles. The fraction of sp³-hybridized carbons (Fsp3) is 0.421. The molecular formula is C19H24N2OS. The van der Waals surface area contributed by atoms with E-state index in [0.29, 0.717) is 12.3 Å². The number of amides is 1. The van der Waals surface area contributed by atoms with Gasteiger partial charge in [0.15, 0.2) is 0 Å². The molecule has 0 N–H and O–H groups in total. The van der Waals surface area contributed by atoms with Crippen LogP contribution < -0.4 is 0 Å². The van der Waals surface area contributed by atoms with Crippen LogP contribution in [0.2, 0.25) is 0 Å². The van der Waals surface area contributed by atoms with E-state index in [2.05, 4.69) is 53.6 Å². The van der Waals surface area contributed by atoms with E-state index in [9.17, 15) is 4.79 Å². The molecule has 1 amide bonds. The predicted octanol–water partition coefficient (Wildman–Crippen LogP) is 3.33. The average Bonchev–Trinajstić information content (AvgIpc) is 3.08. The van der Waals surface area contributed by atoms with E-state index in [1.165, 1.54) is 16.0 Å². The molecule has 0 spiro atoms. The summed E-state index contributed by atoms with van der Waals surface area (Å²) in [5, 5.41) is 2.13. The van der Waals surface area contributed by atoms with Gasteiger partial charge in [-0.25, -0.2) is 0 Å². The summed E-state index contributed by atoms with van der Waals surface area (Å²) in [6, 6.07) is 12.8. The van der Waals surface area contributed by atoms with Gasteiger partial charge in [-0.15, -0.1) is 11.3 Å². The van der Waals surface area contributed by atoms with Gasteiger partial charge in [0.2, 0.25) is 5.91 Å². The fourth-order valence-electron chi connectivity index (χ4n) is 2.94. The molecular weight excluding hydrogens is 304 g/mol. The van der Waals surface area contributed by atoms with Gasteiger partial charge in [-0.3, -0.25) is 9.69 Å². The van der Waals surface area contributed by atoms with Crippen LogP contribution in [0.4, 0.5) is 0 Å². The number of carbonyl (C=O) groups excluding carboxylic acids is 1. The van der Waals surface area contributed by atoms with Crippen molar-refractivity contribution in [1.29, 1.82) is 0 Å². The van der Waals surface area contributed by atoms with E-state index in [1.54, 1.807) is 0 Å². The molecule has 4 heteroatoms. The first-order chi connectivity index (χ1) is 11.2. The molecule has 23 heavy (non-hydrogen) atoms. The summed E-state index contributed by atoms with van der Waals surface area (Å²) in [5.41, 5.74) is 2.52. The minimum Gasteiger partial charge on any atom is -0.340 e. The quantitative estimate of drug-likeness (QED) is 0.840. The molecule has 0 bridgehead atoms. The van der Waals surface area contributed by atoms with Crippen molar-refractivity contribution in [1.82, 2.24) is 9.80 Å². The van der Waals surface area contributed by atoms with Crippen molar-refractivity contribution in [2.75, 3.05) is 26.2 Å². The zero-order valence-corrected chi connectivity index (χ0v) is 14.5. The second-order valence-electron chi connectivity index (χ2n) is 6.22. The molecule has 0 unspecified atom stereocenters. The monoisotopic (exact) mass is 328 g/mol. The van der Waals surface area contributed by atoms with Crippen molar-refractivity contribution in [3.05, 3.63) is 57.8 Å². The van der Waals surface area contributed by atoms with Crippen molar-refractivity contribution >= 4 is 17.2 Å². The van der Waals surface area contributed by atoms with E-state index < -0.39 is 0 Å². The first-order valence-corrected chi connectivity index (χ1v) is 9.17. The van der Waals surface area contributed by atoms with Gasteiger partial charge in [0, 0.05) is 44.0 Å². The Morgan fingerprint density at radius 3 is 2.48 bits per heavy atom. The van der Waals surface area contributed by atoms with E-state index in [0.717, 1.165) is 39.1 Å². The van der Waals surface area contributed by atoms with Crippen molar-refractivity contribution in [2.24, 2.45) is 0 Å². The van der Waals surface area contributed by atoms with Crippen LogP contribution in [0, 0.1) is 6.92 Å². The summed E-state index contributed by atoms with van der Waals surface area (Å²) in [4.78, 5) is 18.2. The number of piperazine rings is 1. The van der Waals surface area contributed by atoms with Crippen LogP contribution in [0.3, 0.4) is 0 Å². The number of hydrogen-bond donors (Lipinski definition) is 0. The van der Waals surface area contributed by atoms with Gasteiger partial charge in [-0.05, 0) is 30.4 Å². The molecule has 1 aliphatic rings. The Bertz CT molecular complexity index is 613. The Balaban J connectivity index is 1.42. The van der Waals surface area contributed by atoms with Crippen molar-refractivity contribution in [2.45, 2.75) is 26.3 Å². The maximum Gasteiger partial charge on any atom is 0.222 e. The molecule has 1 aromatic carbocycles. The lowest BCUT2D eigenvalue weighted by Gasteiger charge is -2.34. The van der Waals surface area contributed by atoms with E-state index in [1.807, 2.05) is 16.2 Å². The number of hydrogen-bond acceptors (Lipinski definition) is 3. The molecule has 2 heterocycles. The summed E-state index contributed by atoms with van der Waals surface area (Å²) in [6.07, 6.45) is 1.46. The molecule has 122 valence electrons. The van der Waals surface area contributed by atoms with Crippen LogP contribution >= 0.6 is 11.3 Å². The Morgan fingerprint density at radius 2 is 1.83 bits per heavy atom. The Morgan fingerprint density at radius 1 is 1.09 bits per heavy atom.